The maximum atomic E-state index is 14.6. The van der Waals surface area contributed by atoms with Crippen LogP contribution in [-0.4, -0.2) is 25.3 Å². The van der Waals surface area contributed by atoms with Crippen molar-refractivity contribution < 1.29 is 23.8 Å². The number of carbonyl (C=O) groups is 1. The van der Waals surface area contributed by atoms with Gasteiger partial charge >= 0.3 is 5.97 Å². The number of methoxy groups -OCH3 is 2. The lowest BCUT2D eigenvalue weighted by Gasteiger charge is -2.20. The molecule has 1 unspecified atom stereocenters. The molecule has 1 fully saturated rings. The third kappa shape index (κ3) is 3.10. The molecular weight excluding hydrogens is 263 g/mol. The Morgan fingerprint density at radius 2 is 2.15 bits per heavy atom. The Morgan fingerprint density at radius 3 is 2.65 bits per heavy atom. The summed E-state index contributed by atoms with van der Waals surface area (Å²) in [5.41, 5.74) is 0.811. The van der Waals surface area contributed by atoms with Crippen molar-refractivity contribution in [3.63, 3.8) is 0 Å². The van der Waals surface area contributed by atoms with Gasteiger partial charge in [0.2, 0.25) is 0 Å². The second-order valence-electron chi connectivity index (χ2n) is 5.13. The van der Waals surface area contributed by atoms with Gasteiger partial charge in [0.05, 0.1) is 20.1 Å². The lowest BCUT2D eigenvalue weighted by molar-refractivity contribution is -0.137. The molecule has 0 spiro atoms. The maximum absolute atomic E-state index is 14.6. The van der Waals surface area contributed by atoms with E-state index in [2.05, 4.69) is 0 Å². The normalized spacial score (nSPS) is 15.9. The Morgan fingerprint density at radius 1 is 1.45 bits per heavy atom. The van der Waals surface area contributed by atoms with E-state index in [9.17, 15) is 9.18 Å². The highest BCUT2D eigenvalue weighted by molar-refractivity contribution is 5.68. The second kappa shape index (κ2) is 6.22. The van der Waals surface area contributed by atoms with Crippen molar-refractivity contribution in [1.29, 1.82) is 0 Å². The van der Waals surface area contributed by atoms with Crippen LogP contribution >= 0.6 is 0 Å². The number of carboxylic acids is 1. The van der Waals surface area contributed by atoms with Crippen LogP contribution in [0.3, 0.4) is 0 Å². The number of hydrogen-bond acceptors (Lipinski definition) is 3. The molecule has 0 bridgehead atoms. The number of ether oxygens (including phenoxy) is 2. The average Bonchev–Trinajstić information content (AvgIpc) is 3.23. The predicted molar refractivity (Wildman–Crippen MR) is 71.4 cm³/mol. The SMILES string of the molecule is COCc1ccc(OC)c(C(CC(=O)O)C2CC2)c1F. The van der Waals surface area contributed by atoms with Crippen molar-refractivity contribution in [2.75, 3.05) is 14.2 Å². The molecule has 0 saturated heterocycles. The highest BCUT2D eigenvalue weighted by Crippen LogP contribution is 2.48. The topological polar surface area (TPSA) is 55.8 Å². The zero-order valence-corrected chi connectivity index (χ0v) is 11.7. The van der Waals surface area contributed by atoms with Gasteiger partial charge in [0.1, 0.15) is 11.6 Å². The van der Waals surface area contributed by atoms with Crippen molar-refractivity contribution in [3.05, 3.63) is 29.1 Å². The Kier molecular flexibility index (Phi) is 4.60. The molecule has 110 valence electrons. The van der Waals surface area contributed by atoms with E-state index in [-0.39, 0.29) is 24.9 Å². The molecule has 0 aromatic heterocycles. The van der Waals surface area contributed by atoms with Gasteiger partial charge in [-0.1, -0.05) is 6.07 Å². The van der Waals surface area contributed by atoms with Crippen LogP contribution in [0.15, 0.2) is 12.1 Å². The zero-order chi connectivity index (χ0) is 14.7. The Hall–Kier alpha value is -1.62. The molecule has 1 aliphatic carbocycles. The molecule has 4 nitrogen and oxygen atoms in total. The molecular formula is C15H19FO4. The lowest BCUT2D eigenvalue weighted by atomic mass is 9.88. The van der Waals surface area contributed by atoms with Crippen LogP contribution < -0.4 is 4.74 Å². The Balaban J connectivity index is 2.44. The fourth-order valence-electron chi connectivity index (χ4n) is 2.60. The largest absolute Gasteiger partial charge is 0.496 e. The Bertz CT molecular complexity index is 497. The third-order valence-electron chi connectivity index (χ3n) is 3.70. The minimum absolute atomic E-state index is 0.0750. The van der Waals surface area contributed by atoms with E-state index in [4.69, 9.17) is 14.6 Å². The molecule has 2 rings (SSSR count). The van der Waals surface area contributed by atoms with E-state index in [1.54, 1.807) is 12.1 Å². The first-order chi connectivity index (χ1) is 9.58. The minimum atomic E-state index is -0.916. The smallest absolute Gasteiger partial charge is 0.303 e. The van der Waals surface area contributed by atoms with Gasteiger partial charge in [0, 0.05) is 24.2 Å². The molecule has 0 aliphatic heterocycles. The second-order valence-corrected chi connectivity index (χ2v) is 5.13. The van der Waals surface area contributed by atoms with Gasteiger partial charge in [0.25, 0.3) is 0 Å². The maximum Gasteiger partial charge on any atom is 0.303 e. The summed E-state index contributed by atoms with van der Waals surface area (Å²) in [4.78, 5) is 11.0. The van der Waals surface area contributed by atoms with Crippen molar-refractivity contribution in [2.45, 2.75) is 31.8 Å². The molecule has 1 atom stereocenters. The molecule has 0 amide bonds. The molecule has 1 aromatic carbocycles. The number of halogens is 1. The first-order valence-corrected chi connectivity index (χ1v) is 6.64. The van der Waals surface area contributed by atoms with E-state index in [1.807, 2.05) is 0 Å². The summed E-state index contributed by atoms with van der Waals surface area (Å²) in [6.07, 6.45) is 1.80. The number of benzene rings is 1. The van der Waals surface area contributed by atoms with Crippen molar-refractivity contribution in [2.24, 2.45) is 5.92 Å². The van der Waals surface area contributed by atoms with Crippen LogP contribution in [0.2, 0.25) is 0 Å². The minimum Gasteiger partial charge on any atom is -0.496 e. The number of carboxylic acid groups (broad SMARTS) is 1. The fraction of sp³-hybridized carbons (Fsp3) is 0.533. The third-order valence-corrected chi connectivity index (χ3v) is 3.70. The Labute approximate surface area is 117 Å². The summed E-state index contributed by atoms with van der Waals surface area (Å²) in [7, 11) is 2.97. The van der Waals surface area contributed by atoms with E-state index in [0.717, 1.165) is 12.8 Å². The van der Waals surface area contributed by atoms with Gasteiger partial charge in [0.15, 0.2) is 0 Å². The first-order valence-electron chi connectivity index (χ1n) is 6.64. The number of aliphatic carboxylic acids is 1. The zero-order valence-electron chi connectivity index (χ0n) is 11.7. The molecule has 5 heteroatoms. The molecule has 0 heterocycles. The molecule has 20 heavy (non-hydrogen) atoms. The quantitative estimate of drug-likeness (QED) is 0.835. The predicted octanol–water partition coefficient (Wildman–Crippen LogP) is 2.95. The van der Waals surface area contributed by atoms with Crippen LogP contribution in [0.25, 0.3) is 0 Å². The highest BCUT2D eigenvalue weighted by Gasteiger charge is 2.37. The molecule has 0 radical (unpaired) electrons. The average molecular weight is 282 g/mol. The molecule has 1 aromatic rings. The molecule has 1 saturated carbocycles. The van der Waals surface area contributed by atoms with Gasteiger partial charge in [-0.15, -0.1) is 0 Å². The van der Waals surface area contributed by atoms with E-state index in [0.29, 0.717) is 16.9 Å². The number of rotatable bonds is 7. The van der Waals surface area contributed by atoms with Gasteiger partial charge in [-0.2, -0.15) is 0 Å². The first kappa shape index (κ1) is 14.8. The number of hydrogen-bond donors (Lipinski definition) is 1. The van der Waals surface area contributed by atoms with E-state index < -0.39 is 11.8 Å². The standard InChI is InChI=1S/C15H19FO4/c1-19-8-10-5-6-12(20-2)14(15(10)16)11(7-13(17)18)9-3-4-9/h5-6,9,11H,3-4,7-8H2,1-2H3,(H,17,18). The van der Waals surface area contributed by atoms with Crippen molar-refractivity contribution >= 4 is 5.97 Å². The highest BCUT2D eigenvalue weighted by atomic mass is 19.1. The fourth-order valence-corrected chi connectivity index (χ4v) is 2.60. The van der Waals surface area contributed by atoms with Gasteiger partial charge < -0.3 is 14.6 Å². The van der Waals surface area contributed by atoms with E-state index in [1.165, 1.54) is 14.2 Å². The summed E-state index contributed by atoms with van der Waals surface area (Å²) >= 11 is 0. The lowest BCUT2D eigenvalue weighted by Crippen LogP contribution is -2.13. The summed E-state index contributed by atoms with van der Waals surface area (Å²) in [5.74, 6) is -1.00. The van der Waals surface area contributed by atoms with E-state index >= 15 is 0 Å². The van der Waals surface area contributed by atoms with Crippen molar-refractivity contribution in [1.82, 2.24) is 0 Å². The van der Waals surface area contributed by atoms with Crippen LogP contribution in [0, 0.1) is 11.7 Å². The summed E-state index contributed by atoms with van der Waals surface area (Å²) in [5, 5.41) is 9.06. The van der Waals surface area contributed by atoms with Crippen molar-refractivity contribution in [3.8, 4) is 5.75 Å². The molecule has 1 N–H and O–H groups in total. The summed E-state index contributed by atoms with van der Waals surface area (Å²) in [6.45, 7) is 0.160. The van der Waals surface area contributed by atoms with Crippen LogP contribution in [-0.2, 0) is 16.1 Å². The van der Waals surface area contributed by atoms with Gasteiger partial charge in [-0.25, -0.2) is 4.39 Å². The van der Waals surface area contributed by atoms with Gasteiger partial charge in [-0.05, 0) is 24.8 Å². The summed E-state index contributed by atoms with van der Waals surface area (Å²) < 4.78 is 24.8. The molecule has 1 aliphatic rings. The van der Waals surface area contributed by atoms with Crippen LogP contribution in [0.4, 0.5) is 4.39 Å². The monoisotopic (exact) mass is 282 g/mol. The van der Waals surface area contributed by atoms with Crippen LogP contribution in [0.1, 0.15) is 36.3 Å². The van der Waals surface area contributed by atoms with Crippen LogP contribution in [0.5, 0.6) is 5.75 Å². The summed E-state index contributed by atoms with van der Waals surface area (Å²) in [6, 6.07) is 3.30. The van der Waals surface area contributed by atoms with Gasteiger partial charge in [-0.3, -0.25) is 4.79 Å².